The Kier molecular flexibility index (Phi) is 5.95. The first-order chi connectivity index (χ1) is 11.5. The van der Waals surface area contributed by atoms with E-state index in [2.05, 4.69) is 20.9 Å². The molecule has 3 amide bonds. The molecule has 0 aliphatic rings. The zero-order valence-corrected chi connectivity index (χ0v) is 14.2. The summed E-state index contributed by atoms with van der Waals surface area (Å²) in [6, 6.07) is 5.14. The molecule has 3 N–H and O–H groups in total. The molecule has 0 bridgehead atoms. The van der Waals surface area contributed by atoms with Gasteiger partial charge in [-0.15, -0.1) is 0 Å². The SMILES string of the molecule is Cc1ccc(NC(=O)C(C)C)cc1NC(=O)NCCn1ccnc1. The molecule has 7 nitrogen and oxygen atoms in total. The minimum atomic E-state index is -0.287. The lowest BCUT2D eigenvalue weighted by Crippen LogP contribution is -2.31. The number of nitrogens with zero attached hydrogens (tertiary/aromatic N) is 2. The van der Waals surface area contributed by atoms with Gasteiger partial charge in [-0.3, -0.25) is 4.79 Å². The predicted molar refractivity (Wildman–Crippen MR) is 93.9 cm³/mol. The summed E-state index contributed by atoms with van der Waals surface area (Å²) in [6.45, 7) is 6.70. The number of urea groups is 1. The highest BCUT2D eigenvalue weighted by Gasteiger charge is 2.09. The maximum Gasteiger partial charge on any atom is 0.319 e. The van der Waals surface area contributed by atoms with E-state index in [9.17, 15) is 9.59 Å². The Hall–Kier alpha value is -2.83. The molecule has 0 saturated carbocycles. The zero-order chi connectivity index (χ0) is 17.5. The third kappa shape index (κ3) is 5.12. The highest BCUT2D eigenvalue weighted by atomic mass is 16.2. The van der Waals surface area contributed by atoms with Gasteiger partial charge in [0, 0.05) is 42.8 Å². The van der Waals surface area contributed by atoms with Crippen LogP contribution in [0.15, 0.2) is 36.9 Å². The predicted octanol–water partition coefficient (Wildman–Crippen LogP) is 2.61. The van der Waals surface area contributed by atoms with Crippen molar-refractivity contribution in [2.45, 2.75) is 27.3 Å². The van der Waals surface area contributed by atoms with Gasteiger partial charge in [0.2, 0.25) is 5.91 Å². The summed E-state index contributed by atoms with van der Waals surface area (Å²) >= 11 is 0. The molecule has 0 atom stereocenters. The first-order valence-electron chi connectivity index (χ1n) is 7.88. The van der Waals surface area contributed by atoms with Gasteiger partial charge in [-0.05, 0) is 24.6 Å². The van der Waals surface area contributed by atoms with E-state index in [1.807, 2.05) is 43.7 Å². The van der Waals surface area contributed by atoms with Gasteiger partial charge in [0.1, 0.15) is 0 Å². The maximum atomic E-state index is 12.0. The Morgan fingerprint density at radius 2 is 2.04 bits per heavy atom. The molecular weight excluding hydrogens is 306 g/mol. The topological polar surface area (TPSA) is 88.0 Å². The van der Waals surface area contributed by atoms with Crippen LogP contribution in [0.2, 0.25) is 0 Å². The first-order valence-corrected chi connectivity index (χ1v) is 7.88. The van der Waals surface area contributed by atoms with Crippen molar-refractivity contribution in [2.24, 2.45) is 5.92 Å². The largest absolute Gasteiger partial charge is 0.336 e. The Labute approximate surface area is 141 Å². The first kappa shape index (κ1) is 17.5. The molecule has 0 aliphatic carbocycles. The van der Waals surface area contributed by atoms with E-state index in [0.717, 1.165) is 5.56 Å². The van der Waals surface area contributed by atoms with Crippen molar-refractivity contribution in [3.8, 4) is 0 Å². The average Bonchev–Trinajstić information content (AvgIpc) is 3.03. The fourth-order valence-electron chi connectivity index (χ4n) is 2.01. The van der Waals surface area contributed by atoms with Crippen LogP contribution in [0.3, 0.4) is 0 Å². The van der Waals surface area contributed by atoms with Crippen LogP contribution in [0.5, 0.6) is 0 Å². The molecule has 0 fully saturated rings. The van der Waals surface area contributed by atoms with Crippen LogP contribution in [0.4, 0.5) is 16.2 Å². The number of carbonyl (C=O) groups excluding carboxylic acids is 2. The van der Waals surface area contributed by atoms with E-state index < -0.39 is 0 Å². The summed E-state index contributed by atoms with van der Waals surface area (Å²) in [5, 5.41) is 8.42. The van der Waals surface area contributed by atoms with Crippen LogP contribution >= 0.6 is 0 Å². The number of carbonyl (C=O) groups is 2. The Bertz CT molecular complexity index is 695. The van der Waals surface area contributed by atoms with Gasteiger partial charge in [0.05, 0.1) is 6.33 Å². The zero-order valence-electron chi connectivity index (χ0n) is 14.2. The molecule has 1 heterocycles. The van der Waals surface area contributed by atoms with Gasteiger partial charge in [0.25, 0.3) is 0 Å². The van der Waals surface area contributed by atoms with E-state index in [1.54, 1.807) is 18.6 Å². The van der Waals surface area contributed by atoms with Crippen LogP contribution in [-0.4, -0.2) is 28.0 Å². The summed E-state index contributed by atoms with van der Waals surface area (Å²) < 4.78 is 1.88. The van der Waals surface area contributed by atoms with Crippen molar-refractivity contribution in [2.75, 3.05) is 17.2 Å². The molecular formula is C17H23N5O2. The van der Waals surface area contributed by atoms with Gasteiger partial charge in [-0.25, -0.2) is 9.78 Å². The molecule has 2 rings (SSSR count). The molecule has 7 heteroatoms. The molecule has 128 valence electrons. The fourth-order valence-corrected chi connectivity index (χ4v) is 2.01. The lowest BCUT2D eigenvalue weighted by Gasteiger charge is -2.13. The van der Waals surface area contributed by atoms with Crippen molar-refractivity contribution in [3.05, 3.63) is 42.5 Å². The molecule has 0 saturated heterocycles. The van der Waals surface area contributed by atoms with Crippen molar-refractivity contribution in [1.82, 2.24) is 14.9 Å². The highest BCUT2D eigenvalue weighted by Crippen LogP contribution is 2.20. The highest BCUT2D eigenvalue weighted by molar-refractivity contribution is 5.94. The second kappa shape index (κ2) is 8.14. The Morgan fingerprint density at radius 1 is 1.25 bits per heavy atom. The maximum absolute atomic E-state index is 12.0. The van der Waals surface area contributed by atoms with Crippen LogP contribution in [0.25, 0.3) is 0 Å². The number of benzene rings is 1. The molecule has 1 aromatic carbocycles. The Balaban J connectivity index is 1.90. The van der Waals surface area contributed by atoms with Crippen molar-refractivity contribution >= 4 is 23.3 Å². The standard InChI is InChI=1S/C17H23N5O2/c1-12(2)16(23)20-14-5-4-13(3)15(10-14)21-17(24)19-7-9-22-8-6-18-11-22/h4-6,8,10-12H,7,9H2,1-3H3,(H,20,23)(H2,19,21,24). The number of imidazole rings is 1. The van der Waals surface area contributed by atoms with Crippen molar-refractivity contribution < 1.29 is 9.59 Å². The summed E-state index contributed by atoms with van der Waals surface area (Å²) in [6.07, 6.45) is 5.23. The molecule has 0 radical (unpaired) electrons. The summed E-state index contributed by atoms with van der Waals surface area (Å²) in [4.78, 5) is 27.7. The van der Waals surface area contributed by atoms with E-state index in [-0.39, 0.29) is 17.9 Å². The average molecular weight is 329 g/mol. The van der Waals surface area contributed by atoms with E-state index in [0.29, 0.717) is 24.5 Å². The minimum Gasteiger partial charge on any atom is -0.336 e. The number of anilines is 2. The lowest BCUT2D eigenvalue weighted by atomic mass is 10.1. The van der Waals surface area contributed by atoms with Crippen molar-refractivity contribution in [3.63, 3.8) is 0 Å². The second-order valence-corrected chi connectivity index (χ2v) is 5.86. The second-order valence-electron chi connectivity index (χ2n) is 5.86. The van der Waals surface area contributed by atoms with Crippen LogP contribution in [0.1, 0.15) is 19.4 Å². The quantitative estimate of drug-likeness (QED) is 0.761. The van der Waals surface area contributed by atoms with Gasteiger partial charge >= 0.3 is 6.03 Å². The Morgan fingerprint density at radius 3 is 2.71 bits per heavy atom. The monoisotopic (exact) mass is 329 g/mol. The van der Waals surface area contributed by atoms with Crippen LogP contribution in [-0.2, 0) is 11.3 Å². The van der Waals surface area contributed by atoms with Gasteiger partial charge < -0.3 is 20.5 Å². The third-order valence-electron chi connectivity index (χ3n) is 3.49. The van der Waals surface area contributed by atoms with Gasteiger partial charge in [0.15, 0.2) is 0 Å². The van der Waals surface area contributed by atoms with Crippen molar-refractivity contribution in [1.29, 1.82) is 0 Å². The summed E-state index contributed by atoms with van der Waals surface area (Å²) in [5.74, 6) is -0.163. The summed E-state index contributed by atoms with van der Waals surface area (Å²) in [5.41, 5.74) is 2.24. The molecule has 2 aromatic rings. The number of aryl methyl sites for hydroxylation is 1. The number of aromatic nitrogens is 2. The smallest absolute Gasteiger partial charge is 0.319 e. The number of hydrogen-bond donors (Lipinski definition) is 3. The molecule has 1 aromatic heterocycles. The van der Waals surface area contributed by atoms with Crippen LogP contribution < -0.4 is 16.0 Å². The van der Waals surface area contributed by atoms with E-state index >= 15 is 0 Å². The normalized spacial score (nSPS) is 10.5. The summed E-state index contributed by atoms with van der Waals surface area (Å²) in [7, 11) is 0. The lowest BCUT2D eigenvalue weighted by molar-refractivity contribution is -0.118. The number of hydrogen-bond acceptors (Lipinski definition) is 3. The molecule has 0 spiro atoms. The number of rotatable bonds is 6. The molecule has 0 aliphatic heterocycles. The molecule has 0 unspecified atom stereocenters. The number of amides is 3. The van der Waals surface area contributed by atoms with E-state index in [1.165, 1.54) is 0 Å². The minimum absolute atomic E-state index is 0.0606. The van der Waals surface area contributed by atoms with Gasteiger partial charge in [-0.1, -0.05) is 19.9 Å². The third-order valence-corrected chi connectivity index (χ3v) is 3.49. The van der Waals surface area contributed by atoms with Gasteiger partial charge in [-0.2, -0.15) is 0 Å². The molecule has 24 heavy (non-hydrogen) atoms. The van der Waals surface area contributed by atoms with E-state index in [4.69, 9.17) is 0 Å². The fraction of sp³-hybridized carbons (Fsp3) is 0.353. The number of nitrogens with one attached hydrogen (secondary N) is 3. The van der Waals surface area contributed by atoms with Crippen LogP contribution in [0, 0.1) is 12.8 Å².